The van der Waals surface area contributed by atoms with Crippen LogP contribution in [0.25, 0.3) is 0 Å². The zero-order valence-corrected chi connectivity index (χ0v) is 12.9. The van der Waals surface area contributed by atoms with E-state index in [0.29, 0.717) is 5.13 Å². The fourth-order valence-corrected chi connectivity index (χ4v) is 2.55. The molecule has 112 valence electrons. The van der Waals surface area contributed by atoms with Crippen LogP contribution in [-0.4, -0.2) is 17.6 Å². The van der Waals surface area contributed by atoms with Crippen molar-refractivity contribution in [3.63, 3.8) is 0 Å². The monoisotopic (exact) mass is 313 g/mol. The van der Waals surface area contributed by atoms with Crippen LogP contribution in [0.3, 0.4) is 0 Å². The number of thiazole rings is 1. The van der Waals surface area contributed by atoms with Crippen molar-refractivity contribution < 1.29 is 9.53 Å². The van der Waals surface area contributed by atoms with Gasteiger partial charge in [0.1, 0.15) is 6.07 Å². The van der Waals surface area contributed by atoms with Gasteiger partial charge in [0.25, 0.3) is 0 Å². The molecule has 0 spiro atoms. The van der Waals surface area contributed by atoms with Gasteiger partial charge in [-0.05, 0) is 12.5 Å². The third kappa shape index (κ3) is 4.43. The van der Waals surface area contributed by atoms with Crippen molar-refractivity contribution in [2.75, 3.05) is 11.9 Å². The van der Waals surface area contributed by atoms with Gasteiger partial charge in [0, 0.05) is 23.7 Å². The minimum atomic E-state index is -0.640. The molecule has 6 heteroatoms. The van der Waals surface area contributed by atoms with Gasteiger partial charge in [0.2, 0.25) is 0 Å². The topological polar surface area (TPSA) is 75.0 Å². The molecule has 0 bridgehead atoms. The maximum Gasteiger partial charge on any atom is 0.350 e. The summed E-state index contributed by atoms with van der Waals surface area (Å²) in [6, 6.07) is 11.9. The quantitative estimate of drug-likeness (QED) is 0.504. The van der Waals surface area contributed by atoms with Gasteiger partial charge >= 0.3 is 5.97 Å². The molecule has 0 saturated heterocycles. The lowest BCUT2D eigenvalue weighted by Crippen LogP contribution is -2.07. The van der Waals surface area contributed by atoms with Crippen molar-refractivity contribution in [3.8, 4) is 6.07 Å². The molecule has 1 aromatic heterocycles. The van der Waals surface area contributed by atoms with Crippen molar-refractivity contribution in [2.45, 2.75) is 13.3 Å². The molecule has 2 rings (SSSR count). The number of nitrogens with one attached hydrogen (secondary N) is 1. The van der Waals surface area contributed by atoms with Crippen molar-refractivity contribution >= 4 is 22.4 Å². The number of anilines is 1. The van der Waals surface area contributed by atoms with Crippen LogP contribution in [0.4, 0.5) is 5.13 Å². The van der Waals surface area contributed by atoms with Gasteiger partial charge in [-0.25, -0.2) is 9.78 Å². The minimum absolute atomic E-state index is 0.0818. The molecular formula is C16H15N3O2S. The molecule has 2 aromatic rings. The van der Waals surface area contributed by atoms with Gasteiger partial charge in [-0.1, -0.05) is 30.3 Å². The third-order valence-corrected chi connectivity index (χ3v) is 3.66. The van der Waals surface area contributed by atoms with E-state index in [2.05, 4.69) is 22.4 Å². The molecule has 1 aromatic carbocycles. The van der Waals surface area contributed by atoms with E-state index < -0.39 is 5.97 Å². The van der Waals surface area contributed by atoms with Gasteiger partial charge in [-0.15, -0.1) is 11.3 Å². The Kier molecular flexibility index (Phi) is 5.69. The highest BCUT2D eigenvalue weighted by Gasteiger charge is 2.10. The van der Waals surface area contributed by atoms with Crippen LogP contribution in [0.5, 0.6) is 0 Å². The molecular weight excluding hydrogens is 298 g/mol. The number of rotatable bonds is 6. The molecule has 0 saturated carbocycles. The first-order valence-corrected chi connectivity index (χ1v) is 7.57. The van der Waals surface area contributed by atoms with E-state index in [-0.39, 0.29) is 12.2 Å². The Hall–Kier alpha value is -2.65. The molecule has 0 aliphatic rings. The van der Waals surface area contributed by atoms with Gasteiger partial charge in [0.15, 0.2) is 10.7 Å². The smallest absolute Gasteiger partial charge is 0.350 e. The van der Waals surface area contributed by atoms with E-state index in [1.165, 1.54) is 23.1 Å². The van der Waals surface area contributed by atoms with Crippen LogP contribution in [0.1, 0.15) is 17.4 Å². The maximum atomic E-state index is 11.5. The SMILES string of the molecule is CCOC(=O)/C(C#N)=C/Nc1ncc(Cc2ccccc2)s1. The summed E-state index contributed by atoms with van der Waals surface area (Å²) >= 11 is 1.48. The van der Waals surface area contributed by atoms with Crippen LogP contribution in [0.15, 0.2) is 48.3 Å². The molecule has 0 fully saturated rings. The van der Waals surface area contributed by atoms with E-state index in [4.69, 9.17) is 10.00 Å². The van der Waals surface area contributed by atoms with E-state index in [1.807, 2.05) is 18.2 Å². The molecule has 1 heterocycles. The molecule has 0 radical (unpaired) electrons. The number of hydrogen-bond donors (Lipinski definition) is 1. The Morgan fingerprint density at radius 3 is 2.91 bits per heavy atom. The number of aromatic nitrogens is 1. The highest BCUT2D eigenvalue weighted by Crippen LogP contribution is 2.21. The van der Waals surface area contributed by atoms with Crippen LogP contribution < -0.4 is 5.32 Å². The number of nitrogens with zero attached hydrogens (tertiary/aromatic N) is 2. The number of benzene rings is 1. The Morgan fingerprint density at radius 1 is 1.45 bits per heavy atom. The number of ether oxygens (including phenoxy) is 1. The second-order valence-electron chi connectivity index (χ2n) is 4.33. The highest BCUT2D eigenvalue weighted by atomic mass is 32.1. The Bertz CT molecular complexity index is 702. The number of nitriles is 1. The van der Waals surface area contributed by atoms with Crippen molar-refractivity contribution in [2.24, 2.45) is 0 Å². The Morgan fingerprint density at radius 2 is 2.23 bits per heavy atom. The van der Waals surface area contributed by atoms with Crippen molar-refractivity contribution in [1.29, 1.82) is 5.26 Å². The molecule has 0 unspecified atom stereocenters. The fraction of sp³-hybridized carbons (Fsp3) is 0.188. The first-order chi connectivity index (χ1) is 10.7. The first-order valence-electron chi connectivity index (χ1n) is 6.75. The average Bonchev–Trinajstić information content (AvgIpc) is 2.97. The molecule has 5 nitrogen and oxygen atoms in total. The number of carbonyl (C=O) groups excluding carboxylic acids is 1. The van der Waals surface area contributed by atoms with Crippen molar-refractivity contribution in [1.82, 2.24) is 4.98 Å². The van der Waals surface area contributed by atoms with E-state index in [0.717, 1.165) is 11.3 Å². The summed E-state index contributed by atoms with van der Waals surface area (Å²) in [7, 11) is 0. The van der Waals surface area contributed by atoms with Gasteiger partial charge in [-0.3, -0.25) is 0 Å². The number of hydrogen-bond acceptors (Lipinski definition) is 6. The molecule has 1 N–H and O–H groups in total. The normalized spacial score (nSPS) is 10.8. The standard InChI is InChI=1S/C16H15N3O2S/c1-2-21-15(20)13(9-17)10-18-16-19-11-14(22-16)8-12-6-4-3-5-7-12/h3-7,10-11H,2,8H2,1H3,(H,18,19)/b13-10+. The van der Waals surface area contributed by atoms with Crippen LogP contribution in [-0.2, 0) is 16.0 Å². The first kappa shape index (κ1) is 15.7. The lowest BCUT2D eigenvalue weighted by molar-refractivity contribution is -0.138. The summed E-state index contributed by atoms with van der Waals surface area (Å²) in [5, 5.41) is 12.4. The summed E-state index contributed by atoms with van der Waals surface area (Å²) in [4.78, 5) is 16.8. The molecule has 0 aliphatic carbocycles. The van der Waals surface area contributed by atoms with Crippen LogP contribution in [0.2, 0.25) is 0 Å². The van der Waals surface area contributed by atoms with Gasteiger partial charge in [0.05, 0.1) is 6.61 Å². The summed E-state index contributed by atoms with van der Waals surface area (Å²) in [5.74, 6) is -0.640. The average molecular weight is 313 g/mol. The lowest BCUT2D eigenvalue weighted by atomic mass is 10.1. The molecule has 0 aliphatic heterocycles. The van der Waals surface area contributed by atoms with Gasteiger partial charge in [-0.2, -0.15) is 5.26 Å². The van der Waals surface area contributed by atoms with E-state index >= 15 is 0 Å². The maximum absolute atomic E-state index is 11.5. The highest BCUT2D eigenvalue weighted by molar-refractivity contribution is 7.15. The summed E-state index contributed by atoms with van der Waals surface area (Å²) in [6.45, 7) is 1.92. The molecule has 0 atom stereocenters. The fourth-order valence-electron chi connectivity index (χ4n) is 1.73. The minimum Gasteiger partial charge on any atom is -0.462 e. The van der Waals surface area contributed by atoms with Crippen molar-refractivity contribution in [3.05, 3.63) is 58.7 Å². The second-order valence-corrected chi connectivity index (χ2v) is 5.44. The Balaban J connectivity index is 2.00. The second kappa shape index (κ2) is 7.96. The van der Waals surface area contributed by atoms with Crippen LogP contribution in [0, 0.1) is 11.3 Å². The van der Waals surface area contributed by atoms with E-state index in [1.54, 1.807) is 19.2 Å². The van der Waals surface area contributed by atoms with E-state index in [9.17, 15) is 4.79 Å². The summed E-state index contributed by atoms with van der Waals surface area (Å²) in [6.07, 6.45) is 3.90. The summed E-state index contributed by atoms with van der Waals surface area (Å²) in [5.41, 5.74) is 1.12. The molecule has 22 heavy (non-hydrogen) atoms. The lowest BCUT2D eigenvalue weighted by Gasteiger charge is -1.99. The predicted molar refractivity (Wildman–Crippen MR) is 85.3 cm³/mol. The Labute approximate surface area is 132 Å². The number of esters is 1. The largest absolute Gasteiger partial charge is 0.462 e. The van der Waals surface area contributed by atoms with Crippen LogP contribution >= 0.6 is 11.3 Å². The summed E-state index contributed by atoms with van der Waals surface area (Å²) < 4.78 is 4.78. The zero-order valence-electron chi connectivity index (χ0n) is 12.1. The number of carbonyl (C=O) groups is 1. The molecule has 0 amide bonds. The zero-order chi connectivity index (χ0) is 15.8. The predicted octanol–water partition coefficient (Wildman–Crippen LogP) is 3.12. The van der Waals surface area contributed by atoms with Gasteiger partial charge < -0.3 is 10.1 Å². The third-order valence-electron chi connectivity index (χ3n) is 2.73.